The number of rotatable bonds is 4. The van der Waals surface area contributed by atoms with E-state index in [1.807, 2.05) is 20.8 Å². The lowest BCUT2D eigenvalue weighted by Gasteiger charge is -2.21. The first-order valence-electron chi connectivity index (χ1n) is 6.67. The van der Waals surface area contributed by atoms with Crippen LogP contribution in [0.1, 0.15) is 26.3 Å². The fourth-order valence-corrected chi connectivity index (χ4v) is 1.65. The number of hydrogen-bond acceptors (Lipinski definition) is 4. The molecular weight excluding hydrogens is 271 g/mol. The van der Waals surface area contributed by atoms with Crippen LogP contribution in [0.3, 0.4) is 0 Å². The van der Waals surface area contributed by atoms with E-state index in [1.165, 1.54) is 6.07 Å². The Morgan fingerprint density at radius 2 is 1.86 bits per heavy atom. The molecule has 5 heteroatoms. The summed E-state index contributed by atoms with van der Waals surface area (Å²) in [6, 6.07) is 9.74. The van der Waals surface area contributed by atoms with Gasteiger partial charge in [-0.15, -0.1) is 0 Å². The Kier molecular flexibility index (Phi) is 4.31. The number of ether oxygens (including phenoxy) is 2. The molecule has 1 aromatic carbocycles. The van der Waals surface area contributed by atoms with Crippen molar-refractivity contribution in [2.24, 2.45) is 0 Å². The molecule has 0 amide bonds. The number of nitrogens with zero attached hydrogens (tertiary/aromatic N) is 1. The van der Waals surface area contributed by atoms with Gasteiger partial charge in [-0.2, -0.15) is 4.98 Å². The molecule has 2 rings (SSSR count). The number of anilines is 1. The zero-order chi connectivity index (χ0) is 15.5. The largest absolute Gasteiger partial charge is 0.473 e. The third-order valence-corrected chi connectivity index (χ3v) is 2.60. The van der Waals surface area contributed by atoms with E-state index in [0.29, 0.717) is 23.0 Å². The van der Waals surface area contributed by atoms with Crippen LogP contribution in [0.4, 0.5) is 10.1 Å². The van der Waals surface area contributed by atoms with Crippen molar-refractivity contribution in [1.29, 1.82) is 0 Å². The van der Waals surface area contributed by atoms with Gasteiger partial charge in [0.2, 0.25) is 11.8 Å². The maximum atomic E-state index is 13.5. The number of aromatic nitrogens is 1. The number of halogens is 1. The molecule has 0 aliphatic rings. The second kappa shape index (κ2) is 5.99. The van der Waals surface area contributed by atoms with Gasteiger partial charge in [0, 0.05) is 11.6 Å². The minimum atomic E-state index is -0.411. The van der Waals surface area contributed by atoms with Crippen molar-refractivity contribution >= 4 is 5.69 Å². The SMILES string of the molecule is CC(C)(C)Oc1nc(OCc2ccccc2F)ccc1N. The highest BCUT2D eigenvalue weighted by atomic mass is 19.1. The molecule has 4 nitrogen and oxygen atoms in total. The van der Waals surface area contributed by atoms with Crippen LogP contribution in [0.25, 0.3) is 0 Å². The van der Waals surface area contributed by atoms with Gasteiger partial charge in [-0.3, -0.25) is 0 Å². The summed E-state index contributed by atoms with van der Waals surface area (Å²) in [7, 11) is 0. The highest BCUT2D eigenvalue weighted by molar-refractivity contribution is 5.49. The van der Waals surface area contributed by atoms with Crippen LogP contribution < -0.4 is 15.2 Å². The summed E-state index contributed by atoms with van der Waals surface area (Å²) >= 11 is 0. The molecule has 0 bridgehead atoms. The lowest BCUT2D eigenvalue weighted by Crippen LogP contribution is -2.24. The molecular formula is C16H19FN2O2. The molecule has 0 atom stereocenters. The highest BCUT2D eigenvalue weighted by Gasteiger charge is 2.16. The van der Waals surface area contributed by atoms with Crippen molar-refractivity contribution in [3.05, 3.63) is 47.8 Å². The number of hydrogen-bond donors (Lipinski definition) is 1. The third-order valence-electron chi connectivity index (χ3n) is 2.60. The predicted molar refractivity (Wildman–Crippen MR) is 79.8 cm³/mol. The second-order valence-electron chi connectivity index (χ2n) is 5.64. The van der Waals surface area contributed by atoms with E-state index >= 15 is 0 Å². The van der Waals surface area contributed by atoms with Gasteiger partial charge in [-0.1, -0.05) is 18.2 Å². The molecule has 21 heavy (non-hydrogen) atoms. The predicted octanol–water partition coefficient (Wildman–Crippen LogP) is 3.56. The van der Waals surface area contributed by atoms with Gasteiger partial charge in [0.15, 0.2) is 0 Å². The number of pyridine rings is 1. The van der Waals surface area contributed by atoms with E-state index in [2.05, 4.69) is 4.98 Å². The molecule has 0 aliphatic heterocycles. The summed E-state index contributed by atoms with van der Waals surface area (Å²) in [6.07, 6.45) is 0. The van der Waals surface area contributed by atoms with Crippen molar-refractivity contribution in [1.82, 2.24) is 4.98 Å². The highest BCUT2D eigenvalue weighted by Crippen LogP contribution is 2.26. The first kappa shape index (κ1) is 15.1. The maximum Gasteiger partial charge on any atom is 0.241 e. The minimum Gasteiger partial charge on any atom is -0.473 e. The van der Waals surface area contributed by atoms with Crippen LogP contribution in [0.15, 0.2) is 36.4 Å². The summed E-state index contributed by atoms with van der Waals surface area (Å²) in [6.45, 7) is 5.81. The Hall–Kier alpha value is -2.30. The van der Waals surface area contributed by atoms with Crippen molar-refractivity contribution in [2.75, 3.05) is 5.73 Å². The molecule has 0 spiro atoms. The lowest BCUT2D eigenvalue weighted by molar-refractivity contribution is 0.123. The van der Waals surface area contributed by atoms with Gasteiger partial charge < -0.3 is 15.2 Å². The molecule has 0 fully saturated rings. The zero-order valence-electron chi connectivity index (χ0n) is 12.4. The average Bonchev–Trinajstić information content (AvgIpc) is 2.39. The van der Waals surface area contributed by atoms with Gasteiger partial charge in [0.25, 0.3) is 0 Å². The Morgan fingerprint density at radius 1 is 1.14 bits per heavy atom. The van der Waals surface area contributed by atoms with Crippen molar-refractivity contribution in [3.8, 4) is 11.8 Å². The fourth-order valence-electron chi connectivity index (χ4n) is 1.65. The van der Waals surface area contributed by atoms with Crippen LogP contribution in [-0.4, -0.2) is 10.6 Å². The number of benzene rings is 1. The molecule has 0 saturated heterocycles. The Labute approximate surface area is 123 Å². The van der Waals surface area contributed by atoms with Crippen LogP contribution in [-0.2, 0) is 6.61 Å². The van der Waals surface area contributed by atoms with Crippen molar-refractivity contribution < 1.29 is 13.9 Å². The van der Waals surface area contributed by atoms with Crippen LogP contribution in [0, 0.1) is 5.82 Å². The summed E-state index contributed by atoms with van der Waals surface area (Å²) in [5, 5.41) is 0. The van der Waals surface area contributed by atoms with E-state index in [9.17, 15) is 4.39 Å². The van der Waals surface area contributed by atoms with Crippen LogP contribution in [0.5, 0.6) is 11.8 Å². The van der Waals surface area contributed by atoms with Gasteiger partial charge >= 0.3 is 0 Å². The minimum absolute atomic E-state index is 0.0958. The standard InChI is InChI=1S/C16H19FN2O2/c1-16(2,3)21-15-13(18)8-9-14(19-15)20-10-11-6-4-5-7-12(11)17/h4-9H,10,18H2,1-3H3. The van der Waals surface area contributed by atoms with E-state index in [-0.39, 0.29) is 12.4 Å². The summed E-state index contributed by atoms with van der Waals surface area (Å²) < 4.78 is 24.7. The van der Waals surface area contributed by atoms with Crippen LogP contribution in [0.2, 0.25) is 0 Å². The Balaban J connectivity index is 2.11. The first-order chi connectivity index (χ1) is 9.85. The van der Waals surface area contributed by atoms with E-state index in [4.69, 9.17) is 15.2 Å². The lowest BCUT2D eigenvalue weighted by atomic mass is 10.2. The topological polar surface area (TPSA) is 57.4 Å². The van der Waals surface area contributed by atoms with Gasteiger partial charge in [0.1, 0.15) is 18.0 Å². The summed E-state index contributed by atoms with van der Waals surface area (Å²) in [5.41, 5.74) is 6.31. The fraction of sp³-hybridized carbons (Fsp3) is 0.312. The van der Waals surface area contributed by atoms with Gasteiger partial charge in [0.05, 0.1) is 5.69 Å². The van der Waals surface area contributed by atoms with Gasteiger partial charge in [-0.05, 0) is 32.9 Å². The second-order valence-corrected chi connectivity index (χ2v) is 5.64. The quantitative estimate of drug-likeness (QED) is 0.935. The smallest absolute Gasteiger partial charge is 0.241 e. The first-order valence-corrected chi connectivity index (χ1v) is 6.67. The molecule has 112 valence electrons. The van der Waals surface area contributed by atoms with Crippen molar-refractivity contribution in [2.45, 2.75) is 33.0 Å². The van der Waals surface area contributed by atoms with Gasteiger partial charge in [-0.25, -0.2) is 4.39 Å². The third kappa shape index (κ3) is 4.34. The zero-order valence-corrected chi connectivity index (χ0v) is 12.4. The molecule has 1 aromatic heterocycles. The average molecular weight is 290 g/mol. The number of nitrogen functional groups attached to an aromatic ring is 1. The molecule has 0 unspecified atom stereocenters. The molecule has 1 heterocycles. The van der Waals surface area contributed by atoms with E-state index in [0.717, 1.165) is 0 Å². The van der Waals surface area contributed by atoms with Crippen LogP contribution >= 0.6 is 0 Å². The molecule has 2 N–H and O–H groups in total. The molecule has 0 saturated carbocycles. The normalized spacial score (nSPS) is 11.2. The van der Waals surface area contributed by atoms with E-state index < -0.39 is 5.60 Å². The molecule has 0 radical (unpaired) electrons. The molecule has 0 aliphatic carbocycles. The monoisotopic (exact) mass is 290 g/mol. The Morgan fingerprint density at radius 3 is 2.52 bits per heavy atom. The Bertz CT molecular complexity index is 624. The number of nitrogens with two attached hydrogens (primary N) is 1. The molecule has 2 aromatic rings. The summed E-state index contributed by atoms with van der Waals surface area (Å²) in [4.78, 5) is 4.21. The summed E-state index contributed by atoms with van der Waals surface area (Å²) in [5.74, 6) is 0.347. The maximum absolute atomic E-state index is 13.5. The van der Waals surface area contributed by atoms with E-state index in [1.54, 1.807) is 30.3 Å². The van der Waals surface area contributed by atoms with Crippen molar-refractivity contribution in [3.63, 3.8) is 0 Å².